The highest BCUT2D eigenvalue weighted by atomic mass is 15.2. The van der Waals surface area contributed by atoms with Crippen molar-refractivity contribution in [2.75, 3.05) is 25.5 Å². The number of nitrogens with one attached hydrogen (secondary N) is 1. The molecule has 3 rings (SSSR count). The van der Waals surface area contributed by atoms with E-state index in [1.165, 1.54) is 0 Å². The number of nitriles is 1. The highest BCUT2D eigenvalue weighted by Gasteiger charge is 2.21. The van der Waals surface area contributed by atoms with Crippen LogP contribution in [-0.2, 0) is 0 Å². The van der Waals surface area contributed by atoms with Crippen LogP contribution in [0, 0.1) is 11.3 Å². The van der Waals surface area contributed by atoms with Crippen LogP contribution >= 0.6 is 0 Å². The summed E-state index contributed by atoms with van der Waals surface area (Å²) in [5.41, 5.74) is 2.00. The molecule has 0 spiro atoms. The van der Waals surface area contributed by atoms with E-state index in [0.717, 1.165) is 36.1 Å². The van der Waals surface area contributed by atoms with Crippen LogP contribution in [0.15, 0.2) is 24.3 Å². The third kappa shape index (κ3) is 2.23. The number of benzene rings is 1. The van der Waals surface area contributed by atoms with Crippen molar-refractivity contribution < 1.29 is 0 Å². The molecule has 1 N–H and O–H groups in total. The summed E-state index contributed by atoms with van der Waals surface area (Å²) in [7, 11) is 2.11. The molecule has 19 heavy (non-hydrogen) atoms. The molecular formula is C14H15N5. The molecule has 0 amide bonds. The first-order valence-corrected chi connectivity index (χ1v) is 6.38. The SMILES string of the molecule is CN1CCC(Nc2c(C#N)nnc3ccccc23)C1. The lowest BCUT2D eigenvalue weighted by molar-refractivity contribution is 0.414. The Morgan fingerprint density at radius 1 is 1.37 bits per heavy atom. The predicted molar refractivity (Wildman–Crippen MR) is 73.8 cm³/mol. The fourth-order valence-corrected chi connectivity index (χ4v) is 2.54. The zero-order valence-electron chi connectivity index (χ0n) is 10.8. The molecule has 1 aromatic carbocycles. The molecule has 0 aliphatic carbocycles. The monoisotopic (exact) mass is 253 g/mol. The molecular weight excluding hydrogens is 238 g/mol. The summed E-state index contributed by atoms with van der Waals surface area (Å²) in [5.74, 6) is 0. The van der Waals surface area contributed by atoms with Gasteiger partial charge in [0.05, 0.1) is 11.2 Å². The van der Waals surface area contributed by atoms with Crippen molar-refractivity contribution in [3.8, 4) is 6.07 Å². The van der Waals surface area contributed by atoms with E-state index >= 15 is 0 Å². The molecule has 1 unspecified atom stereocenters. The lowest BCUT2D eigenvalue weighted by Crippen LogP contribution is -2.24. The van der Waals surface area contributed by atoms with Gasteiger partial charge in [0.2, 0.25) is 0 Å². The van der Waals surface area contributed by atoms with E-state index in [1.807, 2.05) is 24.3 Å². The molecule has 1 aromatic heterocycles. The minimum absolute atomic E-state index is 0.365. The summed E-state index contributed by atoms with van der Waals surface area (Å²) in [6.45, 7) is 2.07. The van der Waals surface area contributed by atoms with Crippen LogP contribution in [-0.4, -0.2) is 41.3 Å². The van der Waals surface area contributed by atoms with Crippen LogP contribution in [0.5, 0.6) is 0 Å². The van der Waals surface area contributed by atoms with Crippen molar-refractivity contribution >= 4 is 16.6 Å². The second kappa shape index (κ2) is 4.82. The fraction of sp³-hybridized carbons (Fsp3) is 0.357. The molecule has 5 nitrogen and oxygen atoms in total. The van der Waals surface area contributed by atoms with Crippen LogP contribution < -0.4 is 5.32 Å². The highest BCUT2D eigenvalue weighted by molar-refractivity contribution is 5.92. The Bertz CT molecular complexity index is 646. The summed E-state index contributed by atoms with van der Waals surface area (Å²) in [5, 5.41) is 21.7. The number of hydrogen-bond donors (Lipinski definition) is 1. The number of nitrogens with zero attached hydrogens (tertiary/aromatic N) is 4. The Labute approximate surface area is 111 Å². The van der Waals surface area contributed by atoms with Gasteiger partial charge in [0.1, 0.15) is 6.07 Å². The summed E-state index contributed by atoms with van der Waals surface area (Å²) >= 11 is 0. The molecule has 0 bridgehead atoms. The highest BCUT2D eigenvalue weighted by Crippen LogP contribution is 2.25. The Kier molecular flexibility index (Phi) is 3.02. The first-order chi connectivity index (χ1) is 9.28. The average Bonchev–Trinajstić information content (AvgIpc) is 2.85. The Morgan fingerprint density at radius 3 is 2.95 bits per heavy atom. The summed E-state index contributed by atoms with van der Waals surface area (Å²) in [6, 6.07) is 10.3. The molecule has 0 saturated carbocycles. The Morgan fingerprint density at radius 2 is 2.21 bits per heavy atom. The summed E-state index contributed by atoms with van der Waals surface area (Å²) < 4.78 is 0. The van der Waals surface area contributed by atoms with Gasteiger partial charge in [0.15, 0.2) is 5.69 Å². The largest absolute Gasteiger partial charge is 0.378 e. The molecule has 1 aliphatic rings. The van der Waals surface area contributed by atoms with Gasteiger partial charge in [-0.05, 0) is 26.1 Å². The number of hydrogen-bond acceptors (Lipinski definition) is 5. The standard InChI is InChI=1S/C14H15N5/c1-19-7-6-10(9-19)16-14-11-4-2-3-5-12(11)17-18-13(14)8-15/h2-5,10H,6-7,9H2,1H3,(H,16,17). The molecule has 5 heteroatoms. The van der Waals surface area contributed by atoms with Gasteiger partial charge in [-0.3, -0.25) is 0 Å². The topological polar surface area (TPSA) is 64.8 Å². The minimum atomic E-state index is 0.365. The second-order valence-corrected chi connectivity index (χ2v) is 4.94. The fourth-order valence-electron chi connectivity index (χ4n) is 2.54. The number of aromatic nitrogens is 2. The lowest BCUT2D eigenvalue weighted by atomic mass is 10.1. The first kappa shape index (κ1) is 11.9. The quantitative estimate of drug-likeness (QED) is 0.881. The van der Waals surface area contributed by atoms with Crippen molar-refractivity contribution in [3.05, 3.63) is 30.0 Å². The molecule has 1 fully saturated rings. The predicted octanol–water partition coefficient (Wildman–Crippen LogP) is 1.62. The van der Waals surface area contributed by atoms with Crippen molar-refractivity contribution in [1.29, 1.82) is 5.26 Å². The maximum atomic E-state index is 9.20. The normalized spacial score (nSPS) is 19.5. The van der Waals surface area contributed by atoms with Crippen LogP contribution in [0.2, 0.25) is 0 Å². The van der Waals surface area contributed by atoms with E-state index in [0.29, 0.717) is 11.7 Å². The van der Waals surface area contributed by atoms with E-state index < -0.39 is 0 Å². The van der Waals surface area contributed by atoms with Gasteiger partial charge in [0.25, 0.3) is 0 Å². The molecule has 1 atom stereocenters. The Balaban J connectivity index is 2.03. The maximum absolute atomic E-state index is 9.20. The Hall–Kier alpha value is -2.19. The third-order valence-electron chi connectivity index (χ3n) is 3.51. The number of fused-ring (bicyclic) bond motifs is 1. The van der Waals surface area contributed by atoms with E-state index in [2.05, 4.69) is 33.5 Å². The van der Waals surface area contributed by atoms with Crippen molar-refractivity contribution in [3.63, 3.8) is 0 Å². The van der Waals surface area contributed by atoms with Crippen LogP contribution in [0.25, 0.3) is 10.9 Å². The average molecular weight is 253 g/mol. The van der Waals surface area contributed by atoms with Crippen molar-refractivity contribution in [1.82, 2.24) is 15.1 Å². The number of likely N-dealkylation sites (N-methyl/N-ethyl adjacent to an activating group) is 1. The zero-order valence-corrected chi connectivity index (χ0v) is 10.8. The molecule has 0 radical (unpaired) electrons. The first-order valence-electron chi connectivity index (χ1n) is 6.38. The van der Waals surface area contributed by atoms with Gasteiger partial charge < -0.3 is 10.2 Å². The second-order valence-electron chi connectivity index (χ2n) is 4.94. The molecule has 96 valence electrons. The van der Waals surface area contributed by atoms with Gasteiger partial charge in [-0.2, -0.15) is 5.26 Å². The molecule has 1 saturated heterocycles. The van der Waals surface area contributed by atoms with E-state index in [1.54, 1.807) is 0 Å². The van der Waals surface area contributed by atoms with Crippen LogP contribution in [0.3, 0.4) is 0 Å². The van der Waals surface area contributed by atoms with Gasteiger partial charge >= 0.3 is 0 Å². The number of rotatable bonds is 2. The van der Waals surface area contributed by atoms with E-state index in [-0.39, 0.29) is 0 Å². The lowest BCUT2D eigenvalue weighted by Gasteiger charge is -2.16. The zero-order chi connectivity index (χ0) is 13.2. The van der Waals surface area contributed by atoms with Crippen LogP contribution in [0.1, 0.15) is 12.1 Å². The van der Waals surface area contributed by atoms with E-state index in [4.69, 9.17) is 0 Å². The van der Waals surface area contributed by atoms with Gasteiger partial charge in [-0.1, -0.05) is 18.2 Å². The van der Waals surface area contributed by atoms with Gasteiger partial charge in [0, 0.05) is 18.0 Å². The summed E-state index contributed by atoms with van der Waals surface area (Å²) in [6.07, 6.45) is 1.08. The maximum Gasteiger partial charge on any atom is 0.186 e. The van der Waals surface area contributed by atoms with Crippen molar-refractivity contribution in [2.24, 2.45) is 0 Å². The number of anilines is 1. The molecule has 1 aliphatic heterocycles. The minimum Gasteiger partial charge on any atom is -0.378 e. The molecule has 2 aromatic rings. The van der Waals surface area contributed by atoms with Gasteiger partial charge in [-0.15, -0.1) is 10.2 Å². The van der Waals surface area contributed by atoms with Crippen molar-refractivity contribution in [2.45, 2.75) is 12.5 Å². The third-order valence-corrected chi connectivity index (χ3v) is 3.51. The van der Waals surface area contributed by atoms with E-state index in [9.17, 15) is 5.26 Å². The molecule has 2 heterocycles. The smallest absolute Gasteiger partial charge is 0.186 e. The number of likely N-dealkylation sites (tertiary alicyclic amines) is 1. The van der Waals surface area contributed by atoms with Crippen LogP contribution in [0.4, 0.5) is 5.69 Å². The van der Waals surface area contributed by atoms with Gasteiger partial charge in [-0.25, -0.2) is 0 Å². The summed E-state index contributed by atoms with van der Waals surface area (Å²) in [4.78, 5) is 2.28.